The van der Waals surface area contributed by atoms with Gasteiger partial charge in [-0.15, -0.1) is 0 Å². The summed E-state index contributed by atoms with van der Waals surface area (Å²) in [4.78, 5) is 33.6. The third kappa shape index (κ3) is 6.11. The number of nitro groups is 1. The second kappa shape index (κ2) is 8.94. The van der Waals surface area contributed by atoms with Gasteiger partial charge in [0.2, 0.25) is 5.91 Å². The van der Waals surface area contributed by atoms with Gasteiger partial charge in [-0.3, -0.25) is 19.7 Å². The van der Waals surface area contributed by atoms with Crippen molar-refractivity contribution >= 4 is 29.1 Å². The highest BCUT2D eigenvalue weighted by Gasteiger charge is 2.19. The Morgan fingerprint density at radius 1 is 1.43 bits per heavy atom. The first-order valence-electron chi connectivity index (χ1n) is 6.99. The van der Waals surface area contributed by atoms with Crippen molar-refractivity contribution in [3.63, 3.8) is 0 Å². The maximum atomic E-state index is 11.7. The van der Waals surface area contributed by atoms with Gasteiger partial charge >= 0.3 is 5.69 Å². The summed E-state index contributed by atoms with van der Waals surface area (Å²) in [7, 11) is 0. The first-order chi connectivity index (χ1) is 10.8. The van der Waals surface area contributed by atoms with Crippen LogP contribution in [-0.2, 0) is 9.59 Å². The van der Waals surface area contributed by atoms with E-state index in [2.05, 4.69) is 10.6 Å². The zero-order valence-electron chi connectivity index (χ0n) is 12.8. The molecule has 1 aromatic carbocycles. The van der Waals surface area contributed by atoms with Gasteiger partial charge in [-0.25, -0.2) is 0 Å². The third-order valence-corrected chi connectivity index (χ3v) is 3.03. The van der Waals surface area contributed by atoms with E-state index in [4.69, 9.17) is 16.3 Å². The lowest BCUT2D eigenvalue weighted by atomic mass is 10.3. The minimum Gasteiger partial charge on any atom is -0.477 e. The molecular weight excluding hydrogens is 326 g/mol. The lowest BCUT2D eigenvalue weighted by Crippen LogP contribution is -2.46. The molecule has 0 saturated carbocycles. The zero-order chi connectivity index (χ0) is 17.4. The predicted molar refractivity (Wildman–Crippen MR) is 84.5 cm³/mol. The van der Waals surface area contributed by atoms with Crippen LogP contribution in [0.4, 0.5) is 5.69 Å². The molecule has 126 valence electrons. The van der Waals surface area contributed by atoms with Crippen LogP contribution < -0.4 is 15.4 Å². The smallest absolute Gasteiger partial charge is 0.312 e. The molecule has 0 spiro atoms. The summed E-state index contributed by atoms with van der Waals surface area (Å²) in [5, 5.41) is 16.2. The Kier molecular flexibility index (Phi) is 7.27. The van der Waals surface area contributed by atoms with E-state index in [1.54, 1.807) is 0 Å². The highest BCUT2D eigenvalue weighted by molar-refractivity contribution is 6.30. The molecule has 0 aromatic heterocycles. The average Bonchev–Trinajstić information content (AvgIpc) is 2.50. The van der Waals surface area contributed by atoms with Crippen molar-refractivity contribution in [3.05, 3.63) is 33.3 Å². The van der Waals surface area contributed by atoms with Crippen molar-refractivity contribution in [1.82, 2.24) is 10.6 Å². The van der Waals surface area contributed by atoms with E-state index in [0.29, 0.717) is 6.54 Å². The number of nitrogens with one attached hydrogen (secondary N) is 2. The molecule has 1 aromatic rings. The fraction of sp³-hybridized carbons (Fsp3) is 0.429. The normalized spacial score (nSPS) is 11.4. The fourth-order valence-electron chi connectivity index (χ4n) is 1.65. The van der Waals surface area contributed by atoms with Gasteiger partial charge in [-0.2, -0.15) is 0 Å². The number of benzene rings is 1. The maximum Gasteiger partial charge on any atom is 0.312 e. The number of nitro benzene ring substituents is 1. The Balaban J connectivity index is 2.57. The molecule has 0 aliphatic carbocycles. The number of nitrogens with zero attached hydrogens (tertiary/aromatic N) is 1. The van der Waals surface area contributed by atoms with Gasteiger partial charge in [0, 0.05) is 17.6 Å². The maximum absolute atomic E-state index is 11.7. The third-order valence-electron chi connectivity index (χ3n) is 2.80. The summed E-state index contributed by atoms with van der Waals surface area (Å²) < 4.78 is 5.13. The monoisotopic (exact) mass is 343 g/mol. The van der Waals surface area contributed by atoms with E-state index in [0.717, 1.165) is 12.5 Å². The van der Waals surface area contributed by atoms with Crippen molar-refractivity contribution in [2.75, 3.05) is 13.2 Å². The molecule has 2 amide bonds. The quantitative estimate of drug-likeness (QED) is 0.551. The number of hydrogen-bond acceptors (Lipinski definition) is 5. The second-order valence-corrected chi connectivity index (χ2v) is 5.17. The lowest BCUT2D eigenvalue weighted by Gasteiger charge is -2.14. The van der Waals surface area contributed by atoms with Crippen molar-refractivity contribution in [3.8, 4) is 5.75 Å². The Labute approximate surface area is 138 Å². The van der Waals surface area contributed by atoms with Crippen molar-refractivity contribution < 1.29 is 19.2 Å². The first kappa shape index (κ1) is 18.7. The molecule has 1 atom stereocenters. The van der Waals surface area contributed by atoms with E-state index < -0.39 is 23.5 Å². The van der Waals surface area contributed by atoms with Gasteiger partial charge in [0.25, 0.3) is 5.91 Å². The molecule has 2 N–H and O–H groups in total. The van der Waals surface area contributed by atoms with E-state index in [9.17, 15) is 19.7 Å². The molecule has 0 bridgehead atoms. The SMILES string of the molecule is CCCNC(=O)[C@H](C)NC(=O)COc1ccc(Cl)cc1[N+](=O)[O-]. The van der Waals surface area contributed by atoms with Gasteiger partial charge in [-0.05, 0) is 25.5 Å². The van der Waals surface area contributed by atoms with Crippen LogP contribution in [0.15, 0.2) is 18.2 Å². The van der Waals surface area contributed by atoms with Crippen LogP contribution in [-0.4, -0.2) is 35.9 Å². The molecule has 8 nitrogen and oxygen atoms in total. The van der Waals surface area contributed by atoms with E-state index in [-0.39, 0.29) is 22.4 Å². The van der Waals surface area contributed by atoms with Crippen LogP contribution in [0.3, 0.4) is 0 Å². The molecule has 0 saturated heterocycles. The van der Waals surface area contributed by atoms with Crippen LogP contribution in [0.25, 0.3) is 0 Å². The summed E-state index contributed by atoms with van der Waals surface area (Å²) in [6.07, 6.45) is 0.787. The number of amides is 2. The van der Waals surface area contributed by atoms with Gasteiger partial charge in [0.15, 0.2) is 12.4 Å². The molecule has 0 aliphatic heterocycles. The van der Waals surface area contributed by atoms with Crippen LogP contribution in [0.1, 0.15) is 20.3 Å². The van der Waals surface area contributed by atoms with E-state index >= 15 is 0 Å². The lowest BCUT2D eigenvalue weighted by molar-refractivity contribution is -0.385. The van der Waals surface area contributed by atoms with Crippen molar-refractivity contribution in [2.24, 2.45) is 0 Å². The first-order valence-corrected chi connectivity index (χ1v) is 7.36. The highest BCUT2D eigenvalue weighted by atomic mass is 35.5. The van der Waals surface area contributed by atoms with Gasteiger partial charge in [0.1, 0.15) is 6.04 Å². The van der Waals surface area contributed by atoms with Gasteiger partial charge < -0.3 is 15.4 Å². The number of carbonyl (C=O) groups excluding carboxylic acids is 2. The minimum atomic E-state index is -0.724. The van der Waals surface area contributed by atoms with Crippen LogP contribution in [0.2, 0.25) is 5.02 Å². The Bertz CT molecular complexity index is 594. The molecule has 0 fully saturated rings. The number of carbonyl (C=O) groups is 2. The molecular formula is C14H18ClN3O5. The van der Waals surface area contributed by atoms with Crippen molar-refractivity contribution in [2.45, 2.75) is 26.3 Å². The molecule has 0 radical (unpaired) electrons. The predicted octanol–water partition coefficient (Wildman–Crippen LogP) is 1.66. The molecule has 1 rings (SSSR count). The molecule has 0 unspecified atom stereocenters. The number of ether oxygens (including phenoxy) is 1. The standard InChI is InChI=1S/C14H18ClN3O5/c1-3-6-16-14(20)9(2)17-13(19)8-23-12-5-4-10(15)7-11(12)18(21)22/h4-5,7,9H,3,6,8H2,1-2H3,(H,16,20)(H,17,19)/t9-/m0/s1. The molecule has 0 heterocycles. The Morgan fingerprint density at radius 2 is 2.13 bits per heavy atom. The number of hydrogen-bond donors (Lipinski definition) is 2. The second-order valence-electron chi connectivity index (χ2n) is 4.74. The number of halogens is 1. The Hall–Kier alpha value is -2.35. The van der Waals surface area contributed by atoms with E-state index in [1.165, 1.54) is 19.1 Å². The summed E-state index contributed by atoms with van der Waals surface area (Å²) in [6.45, 7) is 3.52. The molecule has 9 heteroatoms. The molecule has 0 aliphatic rings. The highest BCUT2D eigenvalue weighted by Crippen LogP contribution is 2.29. The van der Waals surface area contributed by atoms with E-state index in [1.807, 2.05) is 6.92 Å². The zero-order valence-corrected chi connectivity index (χ0v) is 13.6. The van der Waals surface area contributed by atoms with Crippen molar-refractivity contribution in [1.29, 1.82) is 0 Å². The summed E-state index contributed by atoms with van der Waals surface area (Å²) in [5.41, 5.74) is -0.334. The largest absolute Gasteiger partial charge is 0.477 e. The van der Waals surface area contributed by atoms with Crippen LogP contribution in [0, 0.1) is 10.1 Å². The fourth-order valence-corrected chi connectivity index (χ4v) is 1.81. The number of rotatable bonds is 8. The summed E-state index contributed by atoms with van der Waals surface area (Å²) in [6, 6.07) is 3.14. The van der Waals surface area contributed by atoms with Gasteiger partial charge in [-0.1, -0.05) is 18.5 Å². The Morgan fingerprint density at radius 3 is 2.74 bits per heavy atom. The van der Waals surface area contributed by atoms with Gasteiger partial charge in [0.05, 0.1) is 4.92 Å². The topological polar surface area (TPSA) is 111 Å². The average molecular weight is 344 g/mol. The summed E-state index contributed by atoms with van der Waals surface area (Å²) in [5.74, 6) is -0.941. The summed E-state index contributed by atoms with van der Waals surface area (Å²) >= 11 is 5.69. The van der Waals surface area contributed by atoms with Crippen LogP contribution >= 0.6 is 11.6 Å². The van der Waals surface area contributed by atoms with Crippen LogP contribution in [0.5, 0.6) is 5.75 Å². The minimum absolute atomic E-state index is 0.0716. The molecule has 23 heavy (non-hydrogen) atoms.